The predicted molar refractivity (Wildman–Crippen MR) is 90.2 cm³/mol. The van der Waals surface area contributed by atoms with Crippen LogP contribution >= 0.6 is 0 Å². The van der Waals surface area contributed by atoms with Gasteiger partial charge in [0.2, 0.25) is 11.8 Å². The van der Waals surface area contributed by atoms with Gasteiger partial charge in [0.1, 0.15) is 6.33 Å². The molecule has 0 bridgehead atoms. The fourth-order valence-electron chi connectivity index (χ4n) is 2.15. The first-order chi connectivity index (χ1) is 11.8. The van der Waals surface area contributed by atoms with Crippen molar-refractivity contribution in [3.8, 4) is 11.8 Å². The molecule has 0 unspecified atom stereocenters. The van der Waals surface area contributed by atoms with E-state index < -0.39 is 17.3 Å². The summed E-state index contributed by atoms with van der Waals surface area (Å²) in [7, 11) is 2.78. The van der Waals surface area contributed by atoms with Crippen LogP contribution < -0.4 is 14.8 Å². The Morgan fingerprint density at radius 3 is 2.00 bits per heavy atom. The smallest absolute Gasteiger partial charge is 0.313 e. The lowest BCUT2D eigenvalue weighted by Gasteiger charge is -2.20. The second kappa shape index (κ2) is 7.16. The Labute approximate surface area is 144 Å². The van der Waals surface area contributed by atoms with E-state index in [0.717, 1.165) is 0 Å². The van der Waals surface area contributed by atoms with Gasteiger partial charge >= 0.3 is 5.97 Å². The maximum atomic E-state index is 12.5. The van der Waals surface area contributed by atoms with Gasteiger partial charge in [0, 0.05) is 5.69 Å². The number of methoxy groups -OCH3 is 2. The van der Waals surface area contributed by atoms with E-state index in [1.807, 2.05) is 0 Å². The number of benzene rings is 1. The van der Waals surface area contributed by atoms with Gasteiger partial charge in [-0.05, 0) is 31.5 Å². The first-order valence-corrected chi connectivity index (χ1v) is 7.39. The third kappa shape index (κ3) is 3.68. The van der Waals surface area contributed by atoms with Crippen molar-refractivity contribution in [2.24, 2.45) is 0 Å². The van der Waals surface area contributed by atoms with Gasteiger partial charge in [-0.3, -0.25) is 9.59 Å². The highest BCUT2D eigenvalue weighted by Gasteiger charge is 2.29. The van der Waals surface area contributed by atoms with E-state index in [0.29, 0.717) is 11.3 Å². The molecule has 0 radical (unpaired) electrons. The Bertz CT molecular complexity index is 765. The van der Waals surface area contributed by atoms with Gasteiger partial charge in [-0.25, -0.2) is 9.97 Å². The summed E-state index contributed by atoms with van der Waals surface area (Å²) in [6.07, 6.45) is 1.23. The Morgan fingerprint density at radius 2 is 1.56 bits per heavy atom. The predicted octanol–water partition coefficient (Wildman–Crippen LogP) is 2.11. The van der Waals surface area contributed by atoms with E-state index in [-0.39, 0.29) is 17.3 Å². The summed E-state index contributed by atoms with van der Waals surface area (Å²) >= 11 is 0. The van der Waals surface area contributed by atoms with E-state index in [1.165, 1.54) is 20.5 Å². The number of aliphatic carboxylic acids is 1. The molecule has 2 rings (SSSR count). The summed E-state index contributed by atoms with van der Waals surface area (Å²) in [4.78, 5) is 31.6. The van der Waals surface area contributed by atoms with Gasteiger partial charge < -0.3 is 19.9 Å². The number of nitrogens with one attached hydrogen (secondary N) is 1. The number of ether oxygens (including phenoxy) is 2. The molecule has 0 spiro atoms. The van der Waals surface area contributed by atoms with Crippen LogP contribution in [-0.4, -0.2) is 41.2 Å². The highest BCUT2D eigenvalue weighted by Crippen LogP contribution is 2.27. The van der Waals surface area contributed by atoms with Crippen molar-refractivity contribution in [2.75, 3.05) is 19.5 Å². The molecule has 2 aromatic rings. The first kappa shape index (κ1) is 18.2. The number of anilines is 1. The molecule has 1 aromatic heterocycles. The molecule has 0 aliphatic carbocycles. The normalized spacial score (nSPS) is 10.9. The molecule has 2 N–H and O–H groups in total. The van der Waals surface area contributed by atoms with Crippen LogP contribution in [0.5, 0.6) is 11.8 Å². The summed E-state index contributed by atoms with van der Waals surface area (Å²) in [6, 6.07) is 6.56. The molecule has 132 valence electrons. The van der Waals surface area contributed by atoms with Crippen molar-refractivity contribution >= 4 is 17.6 Å². The highest BCUT2D eigenvalue weighted by molar-refractivity contribution is 6.07. The zero-order valence-corrected chi connectivity index (χ0v) is 14.4. The number of hydrogen-bond acceptors (Lipinski definition) is 6. The monoisotopic (exact) mass is 345 g/mol. The summed E-state index contributed by atoms with van der Waals surface area (Å²) in [5.41, 5.74) is 0.156. The van der Waals surface area contributed by atoms with Gasteiger partial charge in [-0.2, -0.15) is 0 Å². The van der Waals surface area contributed by atoms with E-state index in [1.54, 1.807) is 38.1 Å². The number of hydrogen-bond donors (Lipinski definition) is 2. The summed E-state index contributed by atoms with van der Waals surface area (Å²) in [5.74, 6) is -1.25. The molecule has 8 nitrogen and oxygen atoms in total. The van der Waals surface area contributed by atoms with Gasteiger partial charge in [0.05, 0.1) is 19.6 Å². The van der Waals surface area contributed by atoms with Crippen LogP contribution in [0, 0.1) is 0 Å². The average Bonchev–Trinajstić information content (AvgIpc) is 2.61. The molecule has 1 amide bonds. The topological polar surface area (TPSA) is 111 Å². The van der Waals surface area contributed by atoms with E-state index in [2.05, 4.69) is 15.3 Å². The number of carbonyl (C=O) groups is 2. The van der Waals surface area contributed by atoms with Crippen LogP contribution in [0.15, 0.2) is 30.6 Å². The molecule has 0 fully saturated rings. The van der Waals surface area contributed by atoms with Crippen molar-refractivity contribution in [3.63, 3.8) is 0 Å². The van der Waals surface area contributed by atoms with Crippen molar-refractivity contribution in [1.82, 2.24) is 9.97 Å². The molecule has 0 aliphatic rings. The second-order valence-electron chi connectivity index (χ2n) is 5.73. The minimum Gasteiger partial charge on any atom is -0.481 e. The minimum atomic E-state index is -1.03. The number of carbonyl (C=O) groups excluding carboxylic acids is 1. The number of carboxylic acids is 1. The maximum Gasteiger partial charge on any atom is 0.313 e. The number of aromatic nitrogens is 2. The number of nitrogens with zero attached hydrogens (tertiary/aromatic N) is 2. The van der Waals surface area contributed by atoms with Gasteiger partial charge in [-0.1, -0.05) is 12.1 Å². The largest absolute Gasteiger partial charge is 0.481 e. The SMILES string of the molecule is COc1ncnc(OC)c1C(=O)Nc1ccc(C(C)(C)C(=O)O)cc1. The van der Waals surface area contributed by atoms with Crippen LogP contribution in [-0.2, 0) is 10.2 Å². The molecule has 8 heteroatoms. The molecular weight excluding hydrogens is 326 g/mol. The average molecular weight is 345 g/mol. The van der Waals surface area contributed by atoms with Crippen LogP contribution in [0.1, 0.15) is 29.8 Å². The molecule has 0 saturated heterocycles. The number of rotatable bonds is 6. The lowest BCUT2D eigenvalue weighted by molar-refractivity contribution is -0.142. The first-order valence-electron chi connectivity index (χ1n) is 7.39. The lowest BCUT2D eigenvalue weighted by atomic mass is 9.85. The van der Waals surface area contributed by atoms with Crippen LogP contribution in [0.3, 0.4) is 0 Å². The molecule has 25 heavy (non-hydrogen) atoms. The van der Waals surface area contributed by atoms with Crippen molar-refractivity contribution in [3.05, 3.63) is 41.7 Å². The Hall–Kier alpha value is -3.16. The Balaban J connectivity index is 2.26. The van der Waals surface area contributed by atoms with Crippen LogP contribution in [0.25, 0.3) is 0 Å². The number of amides is 1. The maximum absolute atomic E-state index is 12.5. The van der Waals surface area contributed by atoms with E-state index >= 15 is 0 Å². The molecule has 0 aliphatic heterocycles. The van der Waals surface area contributed by atoms with Crippen LogP contribution in [0.4, 0.5) is 5.69 Å². The van der Waals surface area contributed by atoms with E-state index in [4.69, 9.17) is 9.47 Å². The van der Waals surface area contributed by atoms with Crippen molar-refractivity contribution in [1.29, 1.82) is 0 Å². The summed E-state index contributed by atoms with van der Waals surface area (Å²) in [5, 5.41) is 12.0. The molecule has 1 heterocycles. The standard InChI is InChI=1S/C17H19N3O5/c1-17(2,16(22)23)10-5-7-11(8-6-10)20-13(21)12-14(24-3)18-9-19-15(12)25-4/h5-9H,1-4H3,(H,20,21)(H,22,23). The highest BCUT2D eigenvalue weighted by atomic mass is 16.5. The van der Waals surface area contributed by atoms with Gasteiger partial charge in [-0.15, -0.1) is 0 Å². The Kier molecular flexibility index (Phi) is 5.21. The molecule has 0 saturated carbocycles. The zero-order chi connectivity index (χ0) is 18.6. The molecule has 0 atom stereocenters. The van der Waals surface area contributed by atoms with Crippen molar-refractivity contribution in [2.45, 2.75) is 19.3 Å². The third-order valence-electron chi connectivity index (χ3n) is 3.79. The van der Waals surface area contributed by atoms with Gasteiger partial charge in [0.15, 0.2) is 5.56 Å². The Morgan fingerprint density at radius 1 is 1.04 bits per heavy atom. The quantitative estimate of drug-likeness (QED) is 0.825. The fourth-order valence-corrected chi connectivity index (χ4v) is 2.15. The fraction of sp³-hybridized carbons (Fsp3) is 0.294. The minimum absolute atomic E-state index is 0.0717. The zero-order valence-electron chi connectivity index (χ0n) is 14.4. The molecular formula is C17H19N3O5. The second-order valence-corrected chi connectivity index (χ2v) is 5.73. The molecule has 1 aromatic carbocycles. The third-order valence-corrected chi connectivity index (χ3v) is 3.79. The number of carboxylic acid groups (broad SMARTS) is 1. The van der Waals surface area contributed by atoms with Crippen molar-refractivity contribution < 1.29 is 24.2 Å². The summed E-state index contributed by atoms with van der Waals surface area (Å²) in [6.45, 7) is 3.22. The lowest BCUT2D eigenvalue weighted by Crippen LogP contribution is -2.28. The van der Waals surface area contributed by atoms with E-state index in [9.17, 15) is 14.7 Å². The van der Waals surface area contributed by atoms with Gasteiger partial charge in [0.25, 0.3) is 5.91 Å². The van der Waals surface area contributed by atoms with Crippen LogP contribution in [0.2, 0.25) is 0 Å². The summed E-state index contributed by atoms with van der Waals surface area (Å²) < 4.78 is 10.2.